The number of ether oxygens (including phenoxy) is 1. The van der Waals surface area contributed by atoms with Gasteiger partial charge < -0.3 is 25.0 Å². The molecule has 35 heavy (non-hydrogen) atoms. The molecule has 0 unspecified atom stereocenters. The monoisotopic (exact) mass is 471 g/mol. The maximum absolute atomic E-state index is 12.9. The fourth-order valence-corrected chi connectivity index (χ4v) is 5.20. The zero-order chi connectivity index (χ0) is 24.5. The predicted octanol–water partition coefficient (Wildman–Crippen LogP) is 4.81. The van der Waals surface area contributed by atoms with E-state index in [0.29, 0.717) is 38.3 Å². The maximum atomic E-state index is 12.9. The van der Waals surface area contributed by atoms with Gasteiger partial charge in [0.15, 0.2) is 0 Å². The molecule has 3 aromatic rings. The SMILES string of the molecule is CNc1cc(N2CCN(C(=O)OCC3c4ccccc4-c4ccccc43)CC2)cc(C(=O)O)c1C. The van der Waals surface area contributed by atoms with Crippen LogP contribution in [-0.4, -0.2) is 61.9 Å². The number of carbonyl (C=O) groups is 2. The third kappa shape index (κ3) is 4.18. The van der Waals surface area contributed by atoms with Crippen LogP contribution < -0.4 is 10.2 Å². The highest BCUT2D eigenvalue weighted by atomic mass is 16.6. The normalized spacial score (nSPS) is 14.9. The maximum Gasteiger partial charge on any atom is 0.409 e. The first-order chi connectivity index (χ1) is 17.0. The van der Waals surface area contributed by atoms with Gasteiger partial charge in [0.05, 0.1) is 5.56 Å². The van der Waals surface area contributed by atoms with Crippen LogP contribution in [0.25, 0.3) is 11.1 Å². The second kappa shape index (κ2) is 9.33. The van der Waals surface area contributed by atoms with Gasteiger partial charge in [0.2, 0.25) is 0 Å². The number of nitrogens with one attached hydrogen (secondary N) is 1. The summed E-state index contributed by atoms with van der Waals surface area (Å²) in [7, 11) is 1.78. The highest BCUT2D eigenvalue weighted by Crippen LogP contribution is 2.44. The Morgan fingerprint density at radius 1 is 0.971 bits per heavy atom. The minimum absolute atomic E-state index is 0.0367. The lowest BCUT2D eigenvalue weighted by Gasteiger charge is -2.36. The van der Waals surface area contributed by atoms with E-state index in [1.165, 1.54) is 22.3 Å². The number of rotatable bonds is 5. The molecule has 2 N–H and O–H groups in total. The Hall–Kier alpha value is -4.00. The lowest BCUT2D eigenvalue weighted by atomic mass is 9.98. The fraction of sp³-hybridized carbons (Fsp3) is 0.286. The first-order valence-corrected chi connectivity index (χ1v) is 11.9. The topological polar surface area (TPSA) is 82.1 Å². The van der Waals surface area contributed by atoms with Crippen molar-refractivity contribution in [2.45, 2.75) is 12.8 Å². The van der Waals surface area contributed by atoms with Gasteiger partial charge in [-0.3, -0.25) is 0 Å². The Bertz CT molecular complexity index is 1240. The van der Waals surface area contributed by atoms with Crippen LogP contribution in [0.3, 0.4) is 0 Å². The number of benzene rings is 3. The summed E-state index contributed by atoms with van der Waals surface area (Å²) in [4.78, 5) is 28.4. The number of anilines is 2. The molecule has 180 valence electrons. The number of carboxylic acids is 1. The van der Waals surface area contributed by atoms with Crippen LogP contribution in [0.2, 0.25) is 0 Å². The lowest BCUT2D eigenvalue weighted by molar-refractivity contribution is 0.0696. The van der Waals surface area contributed by atoms with Crippen molar-refractivity contribution >= 4 is 23.4 Å². The lowest BCUT2D eigenvalue weighted by Crippen LogP contribution is -2.49. The molecule has 1 saturated heterocycles. The summed E-state index contributed by atoms with van der Waals surface area (Å²) in [6.45, 7) is 4.35. The Labute approximate surface area is 204 Å². The van der Waals surface area contributed by atoms with Crippen molar-refractivity contribution in [3.63, 3.8) is 0 Å². The number of fused-ring (bicyclic) bond motifs is 3. The van der Waals surface area contributed by atoms with E-state index in [2.05, 4.69) is 34.5 Å². The van der Waals surface area contributed by atoms with E-state index in [1.807, 2.05) is 30.3 Å². The molecule has 1 heterocycles. The molecule has 5 rings (SSSR count). The van der Waals surface area contributed by atoms with E-state index in [9.17, 15) is 14.7 Å². The van der Waals surface area contributed by atoms with E-state index >= 15 is 0 Å². The van der Waals surface area contributed by atoms with Crippen LogP contribution >= 0.6 is 0 Å². The molecule has 2 aliphatic rings. The highest BCUT2D eigenvalue weighted by Gasteiger charge is 2.30. The van der Waals surface area contributed by atoms with Gasteiger partial charge in [-0.25, -0.2) is 9.59 Å². The number of hydrogen-bond acceptors (Lipinski definition) is 5. The predicted molar refractivity (Wildman–Crippen MR) is 137 cm³/mol. The molecule has 1 aliphatic heterocycles. The van der Waals surface area contributed by atoms with Crippen LogP contribution in [0.15, 0.2) is 60.7 Å². The van der Waals surface area contributed by atoms with Gasteiger partial charge in [-0.15, -0.1) is 0 Å². The quantitative estimate of drug-likeness (QED) is 0.556. The fourth-order valence-electron chi connectivity index (χ4n) is 5.20. The summed E-state index contributed by atoms with van der Waals surface area (Å²) in [5.41, 5.74) is 7.42. The van der Waals surface area contributed by atoms with Crippen molar-refractivity contribution in [3.05, 3.63) is 82.9 Å². The highest BCUT2D eigenvalue weighted by molar-refractivity contribution is 5.93. The van der Waals surface area contributed by atoms with E-state index in [4.69, 9.17) is 4.74 Å². The number of hydrogen-bond donors (Lipinski definition) is 2. The van der Waals surface area contributed by atoms with Gasteiger partial charge in [0, 0.05) is 50.5 Å². The Kier molecular flexibility index (Phi) is 6.07. The molecule has 0 saturated carbocycles. The van der Waals surface area contributed by atoms with Gasteiger partial charge in [0.25, 0.3) is 0 Å². The molecule has 1 amide bonds. The summed E-state index contributed by atoms with van der Waals surface area (Å²) < 4.78 is 5.80. The summed E-state index contributed by atoms with van der Waals surface area (Å²) in [6, 6.07) is 20.3. The van der Waals surface area contributed by atoms with Crippen LogP contribution in [0.5, 0.6) is 0 Å². The van der Waals surface area contributed by atoms with E-state index in [-0.39, 0.29) is 17.6 Å². The van der Waals surface area contributed by atoms with Crippen molar-refractivity contribution in [1.29, 1.82) is 0 Å². The van der Waals surface area contributed by atoms with Crippen LogP contribution in [0.1, 0.15) is 33.0 Å². The molecule has 1 aliphatic carbocycles. The summed E-state index contributed by atoms with van der Waals surface area (Å²) in [5, 5.41) is 12.7. The number of piperazine rings is 1. The summed E-state index contributed by atoms with van der Waals surface area (Å²) >= 11 is 0. The minimum atomic E-state index is -0.946. The molecular formula is C28H29N3O4. The average Bonchev–Trinajstić information content (AvgIpc) is 3.21. The molecule has 3 aromatic carbocycles. The van der Waals surface area contributed by atoms with Crippen molar-refractivity contribution in [3.8, 4) is 11.1 Å². The van der Waals surface area contributed by atoms with E-state index < -0.39 is 5.97 Å². The number of amides is 1. The summed E-state index contributed by atoms with van der Waals surface area (Å²) in [6.07, 6.45) is -0.308. The molecule has 0 bridgehead atoms. The van der Waals surface area contributed by atoms with Gasteiger partial charge >= 0.3 is 12.1 Å². The van der Waals surface area contributed by atoms with Gasteiger partial charge in [0.1, 0.15) is 6.61 Å². The van der Waals surface area contributed by atoms with Crippen molar-refractivity contribution in [1.82, 2.24) is 4.90 Å². The molecule has 0 radical (unpaired) electrons. The van der Waals surface area contributed by atoms with Crippen molar-refractivity contribution in [2.75, 3.05) is 50.1 Å². The third-order valence-corrected chi connectivity index (χ3v) is 7.13. The zero-order valence-corrected chi connectivity index (χ0v) is 20.0. The smallest absolute Gasteiger partial charge is 0.409 e. The van der Waals surface area contributed by atoms with E-state index in [1.54, 1.807) is 24.9 Å². The average molecular weight is 472 g/mol. The van der Waals surface area contributed by atoms with Gasteiger partial charge in [-0.05, 0) is 46.9 Å². The Balaban J connectivity index is 1.23. The first-order valence-electron chi connectivity index (χ1n) is 11.9. The minimum Gasteiger partial charge on any atom is -0.478 e. The van der Waals surface area contributed by atoms with E-state index in [0.717, 1.165) is 11.4 Å². The number of carboxylic acid groups (broad SMARTS) is 1. The molecule has 7 heteroatoms. The zero-order valence-electron chi connectivity index (χ0n) is 20.0. The van der Waals surface area contributed by atoms with Crippen LogP contribution in [0, 0.1) is 6.92 Å². The standard InChI is InChI=1S/C28H29N3O4/c1-18-24(27(32)33)15-19(16-26(18)29-2)30-11-13-31(14-12-30)28(34)35-17-25-22-9-5-3-7-20(22)21-8-4-6-10-23(21)25/h3-10,15-16,25,29H,11-14,17H2,1-2H3,(H,32,33). The van der Waals surface area contributed by atoms with Gasteiger partial charge in [-0.2, -0.15) is 0 Å². The largest absolute Gasteiger partial charge is 0.478 e. The van der Waals surface area contributed by atoms with Crippen LogP contribution in [0.4, 0.5) is 16.2 Å². The Morgan fingerprint density at radius 2 is 1.57 bits per heavy atom. The molecular weight excluding hydrogens is 442 g/mol. The second-order valence-electron chi connectivity index (χ2n) is 9.00. The first kappa shape index (κ1) is 22.8. The molecule has 0 spiro atoms. The van der Waals surface area contributed by atoms with Crippen LogP contribution in [-0.2, 0) is 4.74 Å². The molecule has 7 nitrogen and oxygen atoms in total. The van der Waals surface area contributed by atoms with Crippen molar-refractivity contribution in [2.24, 2.45) is 0 Å². The molecule has 0 atom stereocenters. The van der Waals surface area contributed by atoms with Gasteiger partial charge in [-0.1, -0.05) is 48.5 Å². The summed E-state index contributed by atoms with van der Waals surface area (Å²) in [5.74, 6) is -0.910. The number of carbonyl (C=O) groups excluding carboxylic acids is 1. The number of aromatic carboxylic acids is 1. The van der Waals surface area contributed by atoms with Crippen molar-refractivity contribution < 1.29 is 19.4 Å². The molecule has 0 aromatic heterocycles. The number of nitrogens with zero attached hydrogens (tertiary/aromatic N) is 2. The Morgan fingerprint density at radius 3 is 2.14 bits per heavy atom. The third-order valence-electron chi connectivity index (χ3n) is 7.13. The molecule has 1 fully saturated rings. The second-order valence-corrected chi connectivity index (χ2v) is 9.00.